The number of sulfonamides is 1. The molecule has 7 nitrogen and oxygen atoms in total. The van der Waals surface area contributed by atoms with Crippen molar-refractivity contribution in [3.8, 4) is 11.5 Å². The van der Waals surface area contributed by atoms with Gasteiger partial charge in [-0.1, -0.05) is 48.5 Å². The van der Waals surface area contributed by atoms with E-state index in [9.17, 15) is 13.2 Å². The highest BCUT2D eigenvalue weighted by Crippen LogP contribution is 2.34. The van der Waals surface area contributed by atoms with Crippen molar-refractivity contribution in [3.63, 3.8) is 0 Å². The van der Waals surface area contributed by atoms with Gasteiger partial charge in [0, 0.05) is 5.39 Å². The van der Waals surface area contributed by atoms with E-state index in [-0.39, 0.29) is 25.6 Å². The third-order valence-electron chi connectivity index (χ3n) is 4.84. The zero-order valence-corrected chi connectivity index (χ0v) is 17.3. The Morgan fingerprint density at radius 3 is 2.67 bits per heavy atom. The van der Waals surface area contributed by atoms with Gasteiger partial charge in [0.25, 0.3) is 5.91 Å². The number of nitrogens with one attached hydrogen (secondary N) is 1. The molecule has 0 bridgehead atoms. The van der Waals surface area contributed by atoms with Crippen molar-refractivity contribution in [1.29, 1.82) is 0 Å². The number of nitrogens with zero attached hydrogens (tertiary/aromatic N) is 1. The third kappa shape index (κ3) is 4.18. The van der Waals surface area contributed by atoms with Gasteiger partial charge in [0.15, 0.2) is 6.10 Å². The number of hydrogen-bond donors (Lipinski definition) is 1. The molecule has 0 spiro atoms. The number of carbonyl (C=O) groups excluding carboxylic acids is 1. The molecule has 1 heterocycles. The third-order valence-corrected chi connectivity index (χ3v) is 5.98. The van der Waals surface area contributed by atoms with E-state index in [2.05, 4.69) is 5.32 Å². The topological polar surface area (TPSA) is 84.9 Å². The molecule has 4 rings (SSSR count). The standard InChI is InChI=1S/C22H22N2O5S/c1-30(26,27)24-15-21(29-20-11-5-4-10-18(20)24)22(25)23-13-14-28-19-12-6-8-16-7-2-3-9-17(16)19/h2-12,21H,13-15H2,1H3,(H,23,25). The molecule has 1 atom stereocenters. The minimum atomic E-state index is -3.54. The maximum atomic E-state index is 12.6. The Balaban J connectivity index is 1.37. The summed E-state index contributed by atoms with van der Waals surface area (Å²) in [5.41, 5.74) is 0.434. The van der Waals surface area contributed by atoms with Crippen molar-refractivity contribution < 1.29 is 22.7 Å². The van der Waals surface area contributed by atoms with Crippen LogP contribution in [0.3, 0.4) is 0 Å². The fraction of sp³-hybridized carbons (Fsp3) is 0.227. The van der Waals surface area contributed by atoms with Crippen LogP contribution < -0.4 is 19.1 Å². The van der Waals surface area contributed by atoms with Gasteiger partial charge in [0.05, 0.1) is 25.0 Å². The molecule has 0 radical (unpaired) electrons. The maximum absolute atomic E-state index is 12.6. The Labute approximate surface area is 175 Å². The molecule has 0 fully saturated rings. The van der Waals surface area contributed by atoms with Crippen LogP contribution in [0.5, 0.6) is 11.5 Å². The smallest absolute Gasteiger partial charge is 0.263 e. The van der Waals surface area contributed by atoms with Gasteiger partial charge in [-0.3, -0.25) is 9.10 Å². The van der Waals surface area contributed by atoms with Crippen LogP contribution in [0.2, 0.25) is 0 Å². The first-order chi connectivity index (χ1) is 14.4. The monoisotopic (exact) mass is 426 g/mol. The molecule has 1 N–H and O–H groups in total. The lowest BCUT2D eigenvalue weighted by molar-refractivity contribution is -0.127. The first kappa shape index (κ1) is 20.0. The highest BCUT2D eigenvalue weighted by molar-refractivity contribution is 7.92. The molecule has 1 aliphatic rings. The number of ether oxygens (including phenoxy) is 2. The molecular weight excluding hydrogens is 404 g/mol. The van der Waals surface area contributed by atoms with E-state index in [1.165, 1.54) is 4.31 Å². The normalized spacial score (nSPS) is 15.9. The van der Waals surface area contributed by atoms with Crippen LogP contribution >= 0.6 is 0 Å². The second-order valence-electron chi connectivity index (χ2n) is 6.99. The number of hydrogen-bond acceptors (Lipinski definition) is 5. The minimum Gasteiger partial charge on any atom is -0.491 e. The molecule has 1 unspecified atom stereocenters. The van der Waals surface area contributed by atoms with Gasteiger partial charge in [-0.2, -0.15) is 0 Å². The summed E-state index contributed by atoms with van der Waals surface area (Å²) in [6.45, 7) is 0.465. The first-order valence-corrected chi connectivity index (χ1v) is 11.4. The summed E-state index contributed by atoms with van der Waals surface area (Å²) < 4.78 is 37.1. The van der Waals surface area contributed by atoms with Crippen molar-refractivity contribution >= 4 is 32.4 Å². The largest absolute Gasteiger partial charge is 0.491 e. The quantitative estimate of drug-likeness (QED) is 0.613. The molecule has 30 heavy (non-hydrogen) atoms. The van der Waals surface area contributed by atoms with Crippen LogP contribution in [0, 0.1) is 0 Å². The zero-order chi connectivity index (χ0) is 21.1. The van der Waals surface area contributed by atoms with E-state index in [1.807, 2.05) is 42.5 Å². The number of rotatable bonds is 6. The highest BCUT2D eigenvalue weighted by Gasteiger charge is 2.34. The molecule has 0 aliphatic carbocycles. The number of fused-ring (bicyclic) bond motifs is 2. The lowest BCUT2D eigenvalue weighted by Gasteiger charge is -2.33. The SMILES string of the molecule is CS(=O)(=O)N1CC(C(=O)NCCOc2cccc3ccccc23)Oc2ccccc21. The van der Waals surface area contributed by atoms with Gasteiger partial charge in [0.2, 0.25) is 10.0 Å². The van der Waals surface area contributed by atoms with Crippen molar-refractivity contribution in [1.82, 2.24) is 5.32 Å². The van der Waals surface area contributed by atoms with Gasteiger partial charge in [-0.05, 0) is 23.6 Å². The van der Waals surface area contributed by atoms with Gasteiger partial charge in [-0.15, -0.1) is 0 Å². The predicted molar refractivity (Wildman–Crippen MR) is 116 cm³/mol. The summed E-state index contributed by atoms with van der Waals surface area (Å²) in [7, 11) is -3.54. The van der Waals surface area contributed by atoms with Gasteiger partial charge in [-0.25, -0.2) is 8.42 Å². The second-order valence-corrected chi connectivity index (χ2v) is 8.89. The molecule has 156 valence electrons. The van der Waals surface area contributed by atoms with Gasteiger partial charge >= 0.3 is 0 Å². The Morgan fingerprint density at radius 2 is 1.83 bits per heavy atom. The van der Waals surface area contributed by atoms with Crippen molar-refractivity contribution in [2.75, 3.05) is 30.3 Å². The average Bonchev–Trinajstić information content (AvgIpc) is 2.75. The van der Waals surface area contributed by atoms with E-state index < -0.39 is 16.1 Å². The maximum Gasteiger partial charge on any atom is 0.263 e. The summed E-state index contributed by atoms with van der Waals surface area (Å²) in [5.74, 6) is 0.717. The van der Waals surface area contributed by atoms with Crippen molar-refractivity contribution in [2.24, 2.45) is 0 Å². The number of benzene rings is 3. The second kappa shape index (κ2) is 8.23. The molecule has 3 aromatic carbocycles. The van der Waals surface area contributed by atoms with Crippen LogP contribution in [-0.4, -0.2) is 46.4 Å². The predicted octanol–water partition coefficient (Wildman–Crippen LogP) is 2.56. The lowest BCUT2D eigenvalue weighted by Crippen LogP contribution is -2.51. The van der Waals surface area contributed by atoms with Gasteiger partial charge < -0.3 is 14.8 Å². The van der Waals surface area contributed by atoms with E-state index in [4.69, 9.17) is 9.47 Å². The molecular formula is C22H22N2O5S. The summed E-state index contributed by atoms with van der Waals surface area (Å²) >= 11 is 0. The van der Waals surface area contributed by atoms with E-state index >= 15 is 0 Å². The number of anilines is 1. The Hall–Kier alpha value is -3.26. The molecule has 1 amide bonds. The first-order valence-electron chi connectivity index (χ1n) is 9.55. The Morgan fingerprint density at radius 1 is 1.10 bits per heavy atom. The highest BCUT2D eigenvalue weighted by atomic mass is 32.2. The summed E-state index contributed by atoms with van der Waals surface area (Å²) in [5, 5.41) is 4.84. The molecule has 8 heteroatoms. The van der Waals surface area contributed by atoms with Crippen LogP contribution in [0.1, 0.15) is 0 Å². The van der Waals surface area contributed by atoms with E-state index in [0.29, 0.717) is 11.4 Å². The number of para-hydroxylation sites is 2. The van der Waals surface area contributed by atoms with Crippen LogP contribution in [0.4, 0.5) is 5.69 Å². The average molecular weight is 426 g/mol. The van der Waals surface area contributed by atoms with Crippen LogP contribution in [0.25, 0.3) is 10.8 Å². The summed E-state index contributed by atoms with van der Waals surface area (Å²) in [6, 6.07) is 20.5. The number of carbonyl (C=O) groups is 1. The fourth-order valence-electron chi connectivity index (χ4n) is 3.42. The van der Waals surface area contributed by atoms with Gasteiger partial charge in [0.1, 0.15) is 18.1 Å². The zero-order valence-electron chi connectivity index (χ0n) is 16.4. The summed E-state index contributed by atoms with van der Waals surface area (Å²) in [4.78, 5) is 12.6. The Bertz CT molecular complexity index is 1170. The fourth-order valence-corrected chi connectivity index (χ4v) is 4.34. The minimum absolute atomic E-state index is 0.0775. The Kier molecular flexibility index (Phi) is 5.50. The molecule has 0 aromatic heterocycles. The summed E-state index contributed by atoms with van der Waals surface area (Å²) in [6.07, 6.45) is 0.175. The van der Waals surface area contributed by atoms with Crippen LogP contribution in [-0.2, 0) is 14.8 Å². The van der Waals surface area contributed by atoms with Crippen LogP contribution in [0.15, 0.2) is 66.7 Å². The van der Waals surface area contributed by atoms with E-state index in [1.54, 1.807) is 24.3 Å². The molecule has 0 saturated heterocycles. The van der Waals surface area contributed by atoms with Crippen molar-refractivity contribution in [3.05, 3.63) is 66.7 Å². The molecule has 1 aliphatic heterocycles. The van der Waals surface area contributed by atoms with E-state index in [0.717, 1.165) is 22.8 Å². The number of amides is 1. The van der Waals surface area contributed by atoms with Crippen molar-refractivity contribution in [2.45, 2.75) is 6.10 Å². The molecule has 3 aromatic rings. The lowest BCUT2D eigenvalue weighted by atomic mass is 10.1. The molecule has 0 saturated carbocycles.